The van der Waals surface area contributed by atoms with E-state index in [1.807, 2.05) is 0 Å². The van der Waals surface area contributed by atoms with Crippen LogP contribution in [0, 0.1) is 0 Å². The maximum atomic E-state index is 13.1. The molecule has 1 aliphatic heterocycles. The minimum absolute atomic E-state index is 0.0497. The van der Waals surface area contributed by atoms with Crippen LogP contribution in [0.25, 0.3) is 0 Å². The Labute approximate surface area is 190 Å². The summed E-state index contributed by atoms with van der Waals surface area (Å²) in [6, 6.07) is 12.9. The average Bonchev–Trinajstić information content (AvgIpc) is 3.24. The zero-order valence-electron chi connectivity index (χ0n) is 17.3. The summed E-state index contributed by atoms with van der Waals surface area (Å²) in [7, 11) is 1.57. The molecule has 0 spiro atoms. The van der Waals surface area contributed by atoms with Crippen LogP contribution in [0.5, 0.6) is 5.75 Å². The molecular weight excluding hydrogens is 438 g/mol. The maximum Gasteiger partial charge on any atom is 0.248 e. The molecule has 31 heavy (non-hydrogen) atoms. The van der Waals surface area contributed by atoms with Gasteiger partial charge in [-0.05, 0) is 42.0 Å². The van der Waals surface area contributed by atoms with Gasteiger partial charge in [-0.25, -0.2) is 0 Å². The van der Waals surface area contributed by atoms with Crippen LogP contribution in [-0.4, -0.2) is 47.4 Å². The summed E-state index contributed by atoms with van der Waals surface area (Å²) < 4.78 is 5.12. The van der Waals surface area contributed by atoms with Crippen molar-refractivity contribution in [3.05, 3.63) is 59.1 Å². The Balaban J connectivity index is 1.68. The van der Waals surface area contributed by atoms with E-state index in [1.165, 1.54) is 18.7 Å². The summed E-state index contributed by atoms with van der Waals surface area (Å²) in [4.78, 5) is 39.1. The largest absolute Gasteiger partial charge is 0.497 e. The number of carbonyl (C=O) groups is 3. The number of hydrogen-bond acceptors (Lipinski definition) is 5. The van der Waals surface area contributed by atoms with E-state index in [9.17, 15) is 14.4 Å². The van der Waals surface area contributed by atoms with Gasteiger partial charge in [0.2, 0.25) is 17.7 Å². The molecule has 1 aliphatic rings. The number of benzene rings is 2. The third-order valence-corrected chi connectivity index (χ3v) is 6.16. The molecule has 1 saturated heterocycles. The lowest BCUT2D eigenvalue weighted by molar-refractivity contribution is -0.136. The highest BCUT2D eigenvalue weighted by Crippen LogP contribution is 2.27. The molecule has 2 unspecified atom stereocenters. The van der Waals surface area contributed by atoms with Gasteiger partial charge in [-0.15, -0.1) is 11.8 Å². The van der Waals surface area contributed by atoms with Crippen LogP contribution in [0.15, 0.2) is 48.5 Å². The Morgan fingerprint density at radius 3 is 2.45 bits per heavy atom. The zero-order valence-corrected chi connectivity index (χ0v) is 18.8. The van der Waals surface area contributed by atoms with Gasteiger partial charge in [0.05, 0.1) is 25.4 Å². The summed E-state index contributed by atoms with van der Waals surface area (Å²) in [6.07, 6.45) is 0.0497. The third-order valence-electron chi connectivity index (χ3n) is 4.89. The molecule has 1 heterocycles. The first-order chi connectivity index (χ1) is 14.9. The smallest absolute Gasteiger partial charge is 0.248 e. The van der Waals surface area contributed by atoms with Crippen LogP contribution >= 0.6 is 23.4 Å². The van der Waals surface area contributed by atoms with Crippen molar-refractivity contribution in [3.63, 3.8) is 0 Å². The fourth-order valence-electron chi connectivity index (χ4n) is 3.29. The number of ether oxygens (including phenoxy) is 1. The van der Waals surface area contributed by atoms with Crippen molar-refractivity contribution in [2.24, 2.45) is 0 Å². The number of hydrogen-bond donors (Lipinski definition) is 2. The van der Waals surface area contributed by atoms with Crippen molar-refractivity contribution in [1.82, 2.24) is 10.2 Å². The molecule has 3 rings (SSSR count). The van der Waals surface area contributed by atoms with Crippen molar-refractivity contribution in [2.75, 3.05) is 24.1 Å². The number of nitrogens with one attached hydrogen (secondary N) is 2. The zero-order chi connectivity index (χ0) is 22.4. The van der Waals surface area contributed by atoms with Crippen LogP contribution in [0.1, 0.15) is 24.9 Å². The molecule has 0 saturated carbocycles. The maximum absolute atomic E-state index is 13.1. The molecule has 2 aromatic rings. The van der Waals surface area contributed by atoms with Gasteiger partial charge in [0, 0.05) is 23.4 Å². The van der Waals surface area contributed by atoms with Gasteiger partial charge in [0.1, 0.15) is 11.8 Å². The minimum Gasteiger partial charge on any atom is -0.497 e. The van der Waals surface area contributed by atoms with Crippen molar-refractivity contribution < 1.29 is 19.1 Å². The third kappa shape index (κ3) is 6.15. The molecule has 0 aliphatic carbocycles. The monoisotopic (exact) mass is 461 g/mol. The Bertz CT molecular complexity index is 937. The van der Waals surface area contributed by atoms with Gasteiger partial charge in [0.15, 0.2) is 0 Å². The molecule has 2 N–H and O–H groups in total. The first kappa shape index (κ1) is 23.0. The van der Waals surface area contributed by atoms with Crippen molar-refractivity contribution in [1.29, 1.82) is 0 Å². The first-order valence-corrected chi connectivity index (χ1v) is 11.3. The standard InChI is InChI=1S/C22H24ClN3O4S/c1-14(27)24-19(15-3-5-16(23)6-4-15)11-21(28)26-13-31-12-20(26)22(29)25-17-7-9-18(30-2)10-8-17/h3-10,19-20H,11-13H2,1-2H3,(H,24,27)(H,25,29). The fraction of sp³-hybridized carbons (Fsp3) is 0.318. The average molecular weight is 462 g/mol. The molecule has 9 heteroatoms. The highest BCUT2D eigenvalue weighted by Gasteiger charge is 2.35. The number of rotatable bonds is 7. The second-order valence-corrected chi connectivity index (χ2v) is 8.54. The van der Waals surface area contributed by atoms with Crippen LogP contribution in [-0.2, 0) is 14.4 Å². The van der Waals surface area contributed by atoms with Crippen LogP contribution < -0.4 is 15.4 Å². The fourth-order valence-corrected chi connectivity index (χ4v) is 4.60. The second kappa shape index (κ2) is 10.5. The minimum atomic E-state index is -0.581. The SMILES string of the molecule is COc1ccc(NC(=O)C2CSCN2C(=O)CC(NC(C)=O)c2ccc(Cl)cc2)cc1. The summed E-state index contributed by atoms with van der Waals surface area (Å²) >= 11 is 7.47. The molecule has 0 radical (unpaired) electrons. The van der Waals surface area contributed by atoms with Gasteiger partial charge < -0.3 is 20.3 Å². The van der Waals surface area contributed by atoms with E-state index < -0.39 is 12.1 Å². The second-order valence-electron chi connectivity index (χ2n) is 7.11. The van der Waals surface area contributed by atoms with Gasteiger partial charge >= 0.3 is 0 Å². The topological polar surface area (TPSA) is 87.7 Å². The van der Waals surface area contributed by atoms with Gasteiger partial charge in [-0.3, -0.25) is 14.4 Å². The van der Waals surface area contributed by atoms with Crippen LogP contribution in [0.4, 0.5) is 5.69 Å². The van der Waals surface area contributed by atoms with E-state index in [4.69, 9.17) is 16.3 Å². The summed E-state index contributed by atoms with van der Waals surface area (Å²) in [5, 5.41) is 6.25. The van der Waals surface area contributed by atoms with E-state index in [0.29, 0.717) is 28.1 Å². The number of carbonyl (C=O) groups excluding carboxylic acids is 3. The predicted molar refractivity (Wildman–Crippen MR) is 122 cm³/mol. The van der Waals surface area contributed by atoms with E-state index in [2.05, 4.69) is 10.6 Å². The molecule has 0 aromatic heterocycles. The molecule has 1 fully saturated rings. The highest BCUT2D eigenvalue weighted by molar-refractivity contribution is 7.99. The van der Waals surface area contributed by atoms with Gasteiger partial charge in [0.25, 0.3) is 0 Å². The molecule has 7 nitrogen and oxygen atoms in total. The number of thioether (sulfide) groups is 1. The van der Waals surface area contributed by atoms with Gasteiger partial charge in [-0.2, -0.15) is 0 Å². The van der Waals surface area contributed by atoms with E-state index in [-0.39, 0.29) is 24.1 Å². The van der Waals surface area contributed by atoms with Crippen molar-refractivity contribution in [2.45, 2.75) is 25.4 Å². The number of anilines is 1. The number of halogens is 1. The van der Waals surface area contributed by atoms with Crippen molar-refractivity contribution in [3.8, 4) is 5.75 Å². The normalized spacial score (nSPS) is 16.5. The van der Waals surface area contributed by atoms with Crippen molar-refractivity contribution >= 4 is 46.8 Å². The summed E-state index contributed by atoms with van der Waals surface area (Å²) in [5.41, 5.74) is 1.41. The summed E-state index contributed by atoms with van der Waals surface area (Å²) in [6.45, 7) is 1.41. The first-order valence-electron chi connectivity index (χ1n) is 9.72. The molecule has 0 bridgehead atoms. The Morgan fingerprint density at radius 1 is 1.16 bits per heavy atom. The number of amides is 3. The Kier molecular flexibility index (Phi) is 7.81. The van der Waals surface area contributed by atoms with Crippen LogP contribution in [0.3, 0.4) is 0 Å². The predicted octanol–water partition coefficient (Wildman–Crippen LogP) is 3.46. The quantitative estimate of drug-likeness (QED) is 0.659. The lowest BCUT2D eigenvalue weighted by Gasteiger charge is -2.26. The lowest BCUT2D eigenvalue weighted by Crippen LogP contribution is -2.45. The van der Waals surface area contributed by atoms with Gasteiger partial charge in [-0.1, -0.05) is 23.7 Å². The van der Waals surface area contributed by atoms with E-state index in [1.54, 1.807) is 60.5 Å². The molecule has 164 valence electrons. The molecular formula is C22H24ClN3O4S. The molecule has 2 aromatic carbocycles. The van der Waals surface area contributed by atoms with Crippen LogP contribution in [0.2, 0.25) is 5.02 Å². The molecule has 2 atom stereocenters. The molecule has 3 amide bonds. The summed E-state index contributed by atoms with van der Waals surface area (Å²) in [5.74, 6) is 0.946. The van der Waals surface area contributed by atoms with E-state index >= 15 is 0 Å². The number of nitrogens with zero attached hydrogens (tertiary/aromatic N) is 1. The lowest BCUT2D eigenvalue weighted by atomic mass is 10.0. The highest BCUT2D eigenvalue weighted by atomic mass is 35.5. The number of methoxy groups -OCH3 is 1. The Morgan fingerprint density at radius 2 is 1.84 bits per heavy atom. The van der Waals surface area contributed by atoms with E-state index in [0.717, 1.165) is 5.56 Å². The Hall–Kier alpha value is -2.71.